The van der Waals surface area contributed by atoms with Gasteiger partial charge in [0.15, 0.2) is 0 Å². The van der Waals surface area contributed by atoms with Gasteiger partial charge in [-0.3, -0.25) is 0 Å². The van der Waals surface area contributed by atoms with Crippen LogP contribution in [-0.4, -0.2) is 43.8 Å². The maximum Gasteiger partial charge on any atom is 0.216 e. The van der Waals surface area contributed by atoms with Crippen molar-refractivity contribution >= 4 is 10.0 Å². The number of aromatic hydroxyl groups is 1. The number of fused-ring (bicyclic) bond motifs is 1. The second kappa shape index (κ2) is 5.26. The molecule has 18 heavy (non-hydrogen) atoms. The second-order valence-electron chi connectivity index (χ2n) is 4.35. The van der Waals surface area contributed by atoms with Gasteiger partial charge in [-0.15, -0.1) is 0 Å². The van der Waals surface area contributed by atoms with E-state index in [9.17, 15) is 13.5 Å². The van der Waals surface area contributed by atoms with Crippen LogP contribution < -0.4 is 0 Å². The molecule has 1 aliphatic rings. The zero-order chi connectivity index (χ0) is 13.2. The molecule has 5 nitrogen and oxygen atoms in total. The van der Waals surface area contributed by atoms with Crippen LogP contribution in [0.25, 0.3) is 0 Å². The average molecular weight is 271 g/mol. The maximum atomic E-state index is 12.0. The summed E-state index contributed by atoms with van der Waals surface area (Å²) in [6.07, 6.45) is 0.682. The summed E-state index contributed by atoms with van der Waals surface area (Å²) in [6, 6.07) is 5.12. The Hall–Kier alpha value is -1.11. The largest absolute Gasteiger partial charge is 0.508 e. The van der Waals surface area contributed by atoms with Crippen molar-refractivity contribution in [3.05, 3.63) is 29.3 Å². The van der Waals surface area contributed by atoms with E-state index < -0.39 is 10.0 Å². The lowest BCUT2D eigenvalue weighted by atomic mass is 10.0. The Morgan fingerprint density at radius 1 is 1.39 bits per heavy atom. The zero-order valence-electron chi connectivity index (χ0n) is 10.3. The number of nitrogens with zero attached hydrogens (tertiary/aromatic N) is 1. The average Bonchev–Trinajstić information content (AvgIpc) is 2.35. The lowest BCUT2D eigenvalue weighted by Gasteiger charge is -2.28. The molecule has 0 bridgehead atoms. The van der Waals surface area contributed by atoms with Gasteiger partial charge in [0, 0.05) is 20.2 Å². The molecule has 0 fully saturated rings. The molecule has 1 N–H and O–H groups in total. The van der Waals surface area contributed by atoms with Crippen LogP contribution in [0.2, 0.25) is 0 Å². The second-order valence-corrected chi connectivity index (χ2v) is 6.43. The summed E-state index contributed by atoms with van der Waals surface area (Å²) >= 11 is 0. The molecule has 0 saturated carbocycles. The number of phenols is 1. The summed E-state index contributed by atoms with van der Waals surface area (Å²) in [5, 5.41) is 9.43. The molecule has 0 saturated heterocycles. The number of benzene rings is 1. The van der Waals surface area contributed by atoms with Gasteiger partial charge in [-0.2, -0.15) is 4.31 Å². The van der Waals surface area contributed by atoms with E-state index in [2.05, 4.69) is 0 Å². The zero-order valence-corrected chi connectivity index (χ0v) is 11.1. The van der Waals surface area contributed by atoms with Crippen LogP contribution in [-0.2, 0) is 27.7 Å². The summed E-state index contributed by atoms with van der Waals surface area (Å²) in [4.78, 5) is 0. The first kappa shape index (κ1) is 13.3. The standard InChI is InChI=1S/C12H17NO4S/c1-17-6-7-18(15,16)13-5-4-10-2-3-12(14)8-11(10)9-13/h2-3,8,14H,4-7,9H2,1H3. The minimum Gasteiger partial charge on any atom is -0.508 e. The molecule has 0 aromatic heterocycles. The normalized spacial score (nSPS) is 16.5. The number of sulfonamides is 1. The smallest absolute Gasteiger partial charge is 0.216 e. The fraction of sp³-hybridized carbons (Fsp3) is 0.500. The highest BCUT2D eigenvalue weighted by molar-refractivity contribution is 7.89. The highest BCUT2D eigenvalue weighted by atomic mass is 32.2. The SMILES string of the molecule is COCCS(=O)(=O)N1CCc2ccc(O)cc2C1. The minimum absolute atomic E-state index is 0.00233. The molecule has 0 aliphatic carbocycles. The van der Waals surface area contributed by atoms with Gasteiger partial charge in [0.25, 0.3) is 0 Å². The van der Waals surface area contributed by atoms with Crippen LogP contribution >= 0.6 is 0 Å². The molecule has 2 rings (SSSR count). The third kappa shape index (κ3) is 2.82. The van der Waals surface area contributed by atoms with Crippen molar-refractivity contribution in [3.63, 3.8) is 0 Å². The molecule has 1 aromatic carbocycles. The van der Waals surface area contributed by atoms with Crippen LogP contribution in [0.15, 0.2) is 18.2 Å². The van der Waals surface area contributed by atoms with E-state index in [4.69, 9.17) is 4.74 Å². The summed E-state index contributed by atoms with van der Waals surface area (Å²) in [7, 11) is -1.79. The Bertz CT molecular complexity index is 527. The van der Waals surface area contributed by atoms with Gasteiger partial charge in [-0.1, -0.05) is 6.07 Å². The van der Waals surface area contributed by atoms with Crippen LogP contribution in [0.3, 0.4) is 0 Å². The Morgan fingerprint density at radius 3 is 2.89 bits per heavy atom. The topological polar surface area (TPSA) is 66.8 Å². The van der Waals surface area contributed by atoms with Gasteiger partial charge in [0.2, 0.25) is 10.0 Å². The van der Waals surface area contributed by atoms with E-state index >= 15 is 0 Å². The first-order valence-corrected chi connectivity index (χ1v) is 7.41. The van der Waals surface area contributed by atoms with E-state index in [1.165, 1.54) is 11.4 Å². The molecular formula is C12H17NO4S. The molecule has 0 amide bonds. The Balaban J connectivity index is 2.16. The summed E-state index contributed by atoms with van der Waals surface area (Å²) in [6.45, 7) is 1.02. The molecule has 1 aliphatic heterocycles. The molecule has 0 atom stereocenters. The number of rotatable bonds is 4. The van der Waals surface area contributed by atoms with Gasteiger partial charge in [-0.25, -0.2) is 8.42 Å². The molecular weight excluding hydrogens is 254 g/mol. The van der Waals surface area contributed by atoms with Crippen molar-refractivity contribution < 1.29 is 18.3 Å². The van der Waals surface area contributed by atoms with Gasteiger partial charge in [-0.05, 0) is 29.7 Å². The van der Waals surface area contributed by atoms with Crippen LogP contribution in [0.5, 0.6) is 5.75 Å². The van der Waals surface area contributed by atoms with Crippen LogP contribution in [0, 0.1) is 0 Å². The van der Waals surface area contributed by atoms with Gasteiger partial charge >= 0.3 is 0 Å². The summed E-state index contributed by atoms with van der Waals surface area (Å²) in [5.41, 5.74) is 1.98. The number of hydrogen-bond donors (Lipinski definition) is 1. The highest BCUT2D eigenvalue weighted by Gasteiger charge is 2.26. The third-order valence-electron chi connectivity index (χ3n) is 3.11. The van der Waals surface area contributed by atoms with Crippen LogP contribution in [0.4, 0.5) is 0 Å². The number of ether oxygens (including phenoxy) is 1. The number of methoxy groups -OCH3 is 1. The number of phenolic OH excluding ortho intramolecular Hbond substituents is 1. The predicted octanol–water partition coefficient (Wildman–Crippen LogP) is 0.726. The van der Waals surface area contributed by atoms with E-state index in [1.54, 1.807) is 12.1 Å². The molecule has 1 aromatic rings. The van der Waals surface area contributed by atoms with Gasteiger partial charge in [0.1, 0.15) is 5.75 Å². The van der Waals surface area contributed by atoms with Crippen molar-refractivity contribution in [2.75, 3.05) is 26.0 Å². The van der Waals surface area contributed by atoms with E-state index in [0.717, 1.165) is 11.1 Å². The molecule has 0 radical (unpaired) electrons. The van der Waals surface area contributed by atoms with Gasteiger partial charge in [0.05, 0.1) is 12.4 Å². The first-order chi connectivity index (χ1) is 8.53. The molecule has 1 heterocycles. The summed E-state index contributed by atoms with van der Waals surface area (Å²) < 4.78 is 30.3. The van der Waals surface area contributed by atoms with E-state index in [1.807, 2.05) is 6.07 Å². The quantitative estimate of drug-likeness (QED) is 0.876. The van der Waals surface area contributed by atoms with Crippen molar-refractivity contribution in [2.24, 2.45) is 0 Å². The first-order valence-electron chi connectivity index (χ1n) is 5.80. The van der Waals surface area contributed by atoms with E-state index in [0.29, 0.717) is 19.5 Å². The van der Waals surface area contributed by atoms with E-state index in [-0.39, 0.29) is 18.1 Å². The lowest BCUT2D eigenvalue weighted by molar-refractivity contribution is 0.215. The molecule has 0 unspecified atom stereocenters. The Kier molecular flexibility index (Phi) is 3.89. The van der Waals surface area contributed by atoms with Crippen molar-refractivity contribution in [3.8, 4) is 5.75 Å². The maximum absolute atomic E-state index is 12.0. The van der Waals surface area contributed by atoms with Crippen molar-refractivity contribution in [1.82, 2.24) is 4.31 Å². The third-order valence-corrected chi connectivity index (χ3v) is 4.89. The van der Waals surface area contributed by atoms with Crippen LogP contribution in [0.1, 0.15) is 11.1 Å². The highest BCUT2D eigenvalue weighted by Crippen LogP contribution is 2.24. The molecule has 100 valence electrons. The minimum atomic E-state index is -3.27. The molecule has 6 heteroatoms. The fourth-order valence-corrected chi connectivity index (χ4v) is 3.41. The van der Waals surface area contributed by atoms with Crippen molar-refractivity contribution in [2.45, 2.75) is 13.0 Å². The fourth-order valence-electron chi connectivity index (χ4n) is 2.07. The van der Waals surface area contributed by atoms with Crippen molar-refractivity contribution in [1.29, 1.82) is 0 Å². The summed E-state index contributed by atoms with van der Waals surface area (Å²) in [5.74, 6) is 0.169. The monoisotopic (exact) mass is 271 g/mol. The Morgan fingerprint density at radius 2 is 2.17 bits per heavy atom. The molecule has 0 spiro atoms. The lowest BCUT2D eigenvalue weighted by Crippen LogP contribution is -2.38. The Labute approximate surface area is 107 Å². The number of hydrogen-bond acceptors (Lipinski definition) is 4. The van der Waals surface area contributed by atoms with Gasteiger partial charge < -0.3 is 9.84 Å². The predicted molar refractivity (Wildman–Crippen MR) is 67.9 cm³/mol.